The molecule has 1 N–H and O–H groups in total. The van der Waals surface area contributed by atoms with Crippen LogP contribution in [0.15, 0.2) is 12.3 Å². The van der Waals surface area contributed by atoms with Gasteiger partial charge in [-0.05, 0) is 31.6 Å². The van der Waals surface area contributed by atoms with E-state index in [0.717, 1.165) is 18.8 Å². The van der Waals surface area contributed by atoms with Crippen LogP contribution in [0.5, 0.6) is 0 Å². The number of hydrogen-bond donors (Lipinski definition) is 1. The molecule has 3 rings (SSSR count). The van der Waals surface area contributed by atoms with E-state index in [9.17, 15) is 5.11 Å². The summed E-state index contributed by atoms with van der Waals surface area (Å²) in [6.07, 6.45) is 7.55. The number of rotatable bonds is 0. The summed E-state index contributed by atoms with van der Waals surface area (Å²) in [7, 11) is 0. The summed E-state index contributed by atoms with van der Waals surface area (Å²) in [4.78, 5) is 0. The minimum Gasteiger partial charge on any atom is -0.492 e. The summed E-state index contributed by atoms with van der Waals surface area (Å²) >= 11 is 0. The van der Waals surface area contributed by atoms with Gasteiger partial charge in [0, 0.05) is 5.92 Å². The van der Waals surface area contributed by atoms with Crippen molar-refractivity contribution >= 4 is 0 Å². The molecule has 0 aromatic carbocycles. The third kappa shape index (κ3) is 1.35. The zero-order valence-electron chi connectivity index (χ0n) is 10.1. The highest BCUT2D eigenvalue weighted by Crippen LogP contribution is 2.54. The lowest BCUT2D eigenvalue weighted by atomic mass is 9.61. The Balaban J connectivity index is 1.86. The van der Waals surface area contributed by atoms with E-state index in [1.165, 1.54) is 25.7 Å². The molecule has 3 fully saturated rings. The SMILES string of the molecule is C=C1OC(C)C2CC3CCCCC3CC12O. The van der Waals surface area contributed by atoms with Crippen LogP contribution in [0.1, 0.15) is 45.4 Å². The average Bonchev–Trinajstić information content (AvgIpc) is 2.47. The van der Waals surface area contributed by atoms with Gasteiger partial charge in [-0.3, -0.25) is 0 Å². The van der Waals surface area contributed by atoms with Crippen molar-refractivity contribution in [2.24, 2.45) is 17.8 Å². The minimum atomic E-state index is -0.710. The smallest absolute Gasteiger partial charge is 0.127 e. The summed E-state index contributed by atoms with van der Waals surface area (Å²) < 4.78 is 5.67. The first-order valence-corrected chi connectivity index (χ1v) is 6.69. The first-order chi connectivity index (χ1) is 7.61. The largest absolute Gasteiger partial charge is 0.492 e. The molecule has 5 unspecified atom stereocenters. The van der Waals surface area contributed by atoms with E-state index in [-0.39, 0.29) is 6.10 Å². The molecule has 1 saturated heterocycles. The van der Waals surface area contributed by atoms with Crippen molar-refractivity contribution in [2.75, 3.05) is 0 Å². The Morgan fingerprint density at radius 3 is 2.75 bits per heavy atom. The lowest BCUT2D eigenvalue weighted by Crippen LogP contribution is -2.47. The molecule has 1 aliphatic heterocycles. The molecule has 2 saturated carbocycles. The van der Waals surface area contributed by atoms with Crippen molar-refractivity contribution in [3.8, 4) is 0 Å². The van der Waals surface area contributed by atoms with Crippen molar-refractivity contribution in [1.29, 1.82) is 0 Å². The Morgan fingerprint density at radius 1 is 1.31 bits per heavy atom. The molecule has 90 valence electrons. The van der Waals surface area contributed by atoms with E-state index in [0.29, 0.717) is 17.6 Å². The maximum Gasteiger partial charge on any atom is 0.127 e. The van der Waals surface area contributed by atoms with Crippen LogP contribution in [-0.2, 0) is 4.74 Å². The molecular weight excluding hydrogens is 200 g/mol. The summed E-state index contributed by atoms with van der Waals surface area (Å²) in [6.45, 7) is 6.01. The molecule has 0 aromatic rings. The predicted octanol–water partition coefficient (Wildman–Crippen LogP) is 2.87. The van der Waals surface area contributed by atoms with Gasteiger partial charge < -0.3 is 9.84 Å². The van der Waals surface area contributed by atoms with E-state index in [2.05, 4.69) is 13.5 Å². The van der Waals surface area contributed by atoms with Gasteiger partial charge in [-0.25, -0.2) is 0 Å². The molecule has 5 atom stereocenters. The quantitative estimate of drug-likeness (QED) is 0.683. The molecule has 0 amide bonds. The Kier molecular flexibility index (Phi) is 2.32. The second-order valence-corrected chi connectivity index (χ2v) is 6.02. The third-order valence-electron chi connectivity index (χ3n) is 5.19. The Bertz CT molecular complexity index is 312. The fourth-order valence-electron chi connectivity index (χ4n) is 4.24. The second kappa shape index (κ2) is 3.49. The van der Waals surface area contributed by atoms with Crippen LogP contribution in [0.4, 0.5) is 0 Å². The molecule has 0 spiro atoms. The Morgan fingerprint density at radius 2 is 2.00 bits per heavy atom. The molecule has 2 aliphatic carbocycles. The second-order valence-electron chi connectivity index (χ2n) is 6.02. The maximum atomic E-state index is 10.8. The number of hydrogen-bond acceptors (Lipinski definition) is 2. The van der Waals surface area contributed by atoms with Gasteiger partial charge in [0.1, 0.15) is 17.5 Å². The Hall–Kier alpha value is -0.500. The predicted molar refractivity (Wildman–Crippen MR) is 62.8 cm³/mol. The zero-order valence-corrected chi connectivity index (χ0v) is 10.1. The van der Waals surface area contributed by atoms with E-state index in [1.54, 1.807) is 0 Å². The van der Waals surface area contributed by atoms with Gasteiger partial charge >= 0.3 is 0 Å². The van der Waals surface area contributed by atoms with Gasteiger partial charge in [-0.1, -0.05) is 32.3 Å². The third-order valence-corrected chi connectivity index (χ3v) is 5.19. The van der Waals surface area contributed by atoms with Crippen LogP contribution in [0.3, 0.4) is 0 Å². The van der Waals surface area contributed by atoms with Crippen LogP contribution < -0.4 is 0 Å². The number of aliphatic hydroxyl groups is 1. The lowest BCUT2D eigenvalue weighted by Gasteiger charge is -2.45. The highest BCUT2D eigenvalue weighted by molar-refractivity contribution is 5.18. The molecular formula is C14H22O2. The van der Waals surface area contributed by atoms with Gasteiger partial charge in [0.25, 0.3) is 0 Å². The van der Waals surface area contributed by atoms with E-state index < -0.39 is 5.60 Å². The van der Waals surface area contributed by atoms with Crippen molar-refractivity contribution in [2.45, 2.75) is 57.2 Å². The summed E-state index contributed by atoms with van der Waals surface area (Å²) in [5.41, 5.74) is -0.710. The molecule has 3 aliphatic rings. The monoisotopic (exact) mass is 222 g/mol. The van der Waals surface area contributed by atoms with Crippen molar-refractivity contribution in [3.63, 3.8) is 0 Å². The van der Waals surface area contributed by atoms with Crippen LogP contribution in [-0.4, -0.2) is 16.8 Å². The molecule has 0 bridgehead atoms. The molecule has 16 heavy (non-hydrogen) atoms. The van der Waals surface area contributed by atoms with E-state index >= 15 is 0 Å². The fraction of sp³-hybridized carbons (Fsp3) is 0.857. The summed E-state index contributed by atoms with van der Waals surface area (Å²) in [6, 6.07) is 0. The van der Waals surface area contributed by atoms with Crippen molar-refractivity contribution < 1.29 is 9.84 Å². The van der Waals surface area contributed by atoms with Crippen LogP contribution >= 0.6 is 0 Å². The van der Waals surface area contributed by atoms with Crippen molar-refractivity contribution in [3.05, 3.63) is 12.3 Å². The highest BCUT2D eigenvalue weighted by atomic mass is 16.5. The summed E-state index contributed by atoms with van der Waals surface area (Å²) in [5.74, 6) is 2.46. The standard InChI is InChI=1S/C14H22O2/c1-9-13-7-11-5-3-4-6-12(11)8-14(13,15)10(2)16-9/h9,11-13,15H,2-8H2,1H3. The molecule has 2 nitrogen and oxygen atoms in total. The van der Waals surface area contributed by atoms with Crippen molar-refractivity contribution in [1.82, 2.24) is 0 Å². The fourth-order valence-corrected chi connectivity index (χ4v) is 4.24. The van der Waals surface area contributed by atoms with Crippen LogP contribution in [0.2, 0.25) is 0 Å². The maximum absolute atomic E-state index is 10.8. The topological polar surface area (TPSA) is 29.5 Å². The number of fused-ring (bicyclic) bond motifs is 2. The minimum absolute atomic E-state index is 0.153. The molecule has 0 radical (unpaired) electrons. The first kappa shape index (κ1) is 10.6. The first-order valence-electron chi connectivity index (χ1n) is 6.69. The number of ether oxygens (including phenoxy) is 1. The van der Waals surface area contributed by atoms with Gasteiger partial charge in [0.15, 0.2) is 0 Å². The van der Waals surface area contributed by atoms with Gasteiger partial charge in [0.05, 0.1) is 0 Å². The molecule has 1 heterocycles. The lowest BCUT2D eigenvalue weighted by molar-refractivity contribution is -0.0536. The zero-order chi connectivity index (χ0) is 11.3. The Labute approximate surface area is 97.7 Å². The molecule has 0 aromatic heterocycles. The highest BCUT2D eigenvalue weighted by Gasteiger charge is 2.56. The average molecular weight is 222 g/mol. The van der Waals surface area contributed by atoms with Gasteiger partial charge in [-0.2, -0.15) is 0 Å². The van der Waals surface area contributed by atoms with Crippen LogP contribution in [0, 0.1) is 17.8 Å². The van der Waals surface area contributed by atoms with E-state index in [1.807, 2.05) is 0 Å². The van der Waals surface area contributed by atoms with Gasteiger partial charge in [-0.15, -0.1) is 0 Å². The molecule has 2 heteroatoms. The van der Waals surface area contributed by atoms with Crippen LogP contribution in [0.25, 0.3) is 0 Å². The summed E-state index contributed by atoms with van der Waals surface area (Å²) in [5, 5.41) is 10.8. The van der Waals surface area contributed by atoms with E-state index in [4.69, 9.17) is 4.74 Å². The normalized spacial score (nSPS) is 51.8. The van der Waals surface area contributed by atoms with Gasteiger partial charge in [0.2, 0.25) is 0 Å².